The molecule has 0 radical (unpaired) electrons. The van der Waals surface area contributed by atoms with Gasteiger partial charge in [0, 0.05) is 0 Å². The predicted molar refractivity (Wildman–Crippen MR) is 96.9 cm³/mol. The van der Waals surface area contributed by atoms with Crippen LogP contribution in [0.1, 0.15) is 11.1 Å². The molecule has 0 spiro atoms. The lowest BCUT2D eigenvalue weighted by molar-refractivity contribution is -0.123. The highest BCUT2D eigenvalue weighted by atomic mass is 35.5. The van der Waals surface area contributed by atoms with Gasteiger partial charge in [0.05, 0.1) is 10.0 Å². The summed E-state index contributed by atoms with van der Waals surface area (Å²) in [6.07, 6.45) is 1.38. The maximum atomic E-state index is 11.8. The first-order valence-corrected chi connectivity index (χ1v) is 8.23. The second-order valence-electron chi connectivity index (χ2n) is 5.41. The van der Waals surface area contributed by atoms with Crippen LogP contribution in [-0.2, 0) is 16.2 Å². The van der Waals surface area contributed by atoms with Crippen molar-refractivity contribution in [3.63, 3.8) is 0 Å². The smallest absolute Gasteiger partial charge is 0.328 e. The Balaban J connectivity index is 1.75. The molecule has 1 aliphatic heterocycles. The summed E-state index contributed by atoms with van der Waals surface area (Å²) < 4.78 is 5.70. The lowest BCUT2D eigenvalue weighted by atomic mass is 10.1. The van der Waals surface area contributed by atoms with Crippen LogP contribution >= 0.6 is 23.2 Å². The molecule has 0 bridgehead atoms. The molecule has 26 heavy (non-hydrogen) atoms. The molecular weight excluding hydrogens is 379 g/mol. The Bertz CT molecular complexity index is 919. The van der Waals surface area contributed by atoms with Gasteiger partial charge in [-0.05, 0) is 41.5 Å². The van der Waals surface area contributed by atoms with Crippen LogP contribution in [0.2, 0.25) is 10.0 Å². The Morgan fingerprint density at radius 3 is 2.35 bits per heavy atom. The molecular formula is C18H12Cl2N2O4. The summed E-state index contributed by atoms with van der Waals surface area (Å²) in [6, 6.07) is 11.2. The van der Waals surface area contributed by atoms with Gasteiger partial charge in [0.1, 0.15) is 17.9 Å². The molecule has 3 rings (SSSR count). The number of amides is 4. The molecule has 8 heteroatoms. The van der Waals surface area contributed by atoms with E-state index in [2.05, 4.69) is 0 Å². The largest absolute Gasteiger partial charge is 0.489 e. The zero-order chi connectivity index (χ0) is 18.7. The van der Waals surface area contributed by atoms with Crippen molar-refractivity contribution < 1.29 is 19.1 Å². The molecule has 132 valence electrons. The van der Waals surface area contributed by atoms with Gasteiger partial charge in [0.25, 0.3) is 11.8 Å². The zero-order valence-corrected chi connectivity index (χ0v) is 14.7. The molecule has 2 N–H and O–H groups in total. The second-order valence-corrected chi connectivity index (χ2v) is 6.22. The number of carbonyl (C=O) groups is 3. The van der Waals surface area contributed by atoms with Crippen molar-refractivity contribution in [1.29, 1.82) is 0 Å². The summed E-state index contributed by atoms with van der Waals surface area (Å²) in [6.45, 7) is 0.270. The molecule has 0 aliphatic carbocycles. The predicted octanol–water partition coefficient (Wildman–Crippen LogP) is 3.32. The van der Waals surface area contributed by atoms with Crippen molar-refractivity contribution in [2.45, 2.75) is 6.61 Å². The minimum atomic E-state index is -0.837. The van der Waals surface area contributed by atoms with E-state index >= 15 is 0 Å². The molecule has 0 unspecified atom stereocenters. The van der Waals surface area contributed by atoms with Gasteiger partial charge in [-0.2, -0.15) is 0 Å². The number of rotatable bonds is 4. The monoisotopic (exact) mass is 390 g/mol. The Morgan fingerprint density at radius 1 is 0.923 bits per heavy atom. The van der Waals surface area contributed by atoms with Crippen molar-refractivity contribution in [3.05, 3.63) is 69.2 Å². The molecule has 6 nitrogen and oxygen atoms in total. The van der Waals surface area contributed by atoms with Gasteiger partial charge in [-0.1, -0.05) is 41.4 Å². The molecule has 4 amide bonds. The van der Waals surface area contributed by atoms with Gasteiger partial charge >= 0.3 is 6.03 Å². The average molecular weight is 391 g/mol. The van der Waals surface area contributed by atoms with Crippen molar-refractivity contribution in [2.24, 2.45) is 0 Å². The number of carbonyl (C=O) groups excluding carboxylic acids is 3. The summed E-state index contributed by atoms with van der Waals surface area (Å²) in [4.78, 5) is 34.6. The van der Waals surface area contributed by atoms with E-state index in [1.54, 1.807) is 42.5 Å². The lowest BCUT2D eigenvalue weighted by Crippen LogP contribution is -2.51. The first-order chi connectivity index (χ1) is 12.4. The molecule has 0 saturated carbocycles. The molecule has 2 aromatic carbocycles. The van der Waals surface area contributed by atoms with Crippen molar-refractivity contribution in [3.8, 4) is 5.75 Å². The maximum Gasteiger partial charge on any atom is 0.328 e. The Kier molecular flexibility index (Phi) is 5.25. The van der Waals surface area contributed by atoms with E-state index in [-0.39, 0.29) is 12.2 Å². The number of halogens is 2. The summed E-state index contributed by atoms with van der Waals surface area (Å²) in [7, 11) is 0. The molecule has 0 aromatic heterocycles. The van der Waals surface area contributed by atoms with E-state index in [4.69, 9.17) is 27.9 Å². The fraction of sp³-hybridized carbons (Fsp3) is 0.0556. The molecule has 1 saturated heterocycles. The van der Waals surface area contributed by atoms with Crippen LogP contribution in [0.4, 0.5) is 4.79 Å². The Labute approximate surface area is 158 Å². The maximum absolute atomic E-state index is 11.8. The summed E-state index contributed by atoms with van der Waals surface area (Å²) in [5.41, 5.74) is 1.25. The van der Waals surface area contributed by atoms with Crippen LogP contribution in [0, 0.1) is 0 Å². The quantitative estimate of drug-likeness (QED) is 0.619. The molecule has 1 heterocycles. The highest BCUT2D eigenvalue weighted by molar-refractivity contribution is 6.42. The second kappa shape index (κ2) is 7.59. The summed E-state index contributed by atoms with van der Waals surface area (Å²) in [5.74, 6) is -0.958. The van der Waals surface area contributed by atoms with Crippen LogP contribution in [0.5, 0.6) is 5.75 Å². The third kappa shape index (κ3) is 4.22. The number of hydrogen-bond donors (Lipinski definition) is 2. The number of benzene rings is 2. The number of nitrogens with one attached hydrogen (secondary N) is 2. The Morgan fingerprint density at radius 2 is 1.65 bits per heavy atom. The van der Waals surface area contributed by atoms with Gasteiger partial charge in [0.15, 0.2) is 0 Å². The van der Waals surface area contributed by atoms with Crippen LogP contribution in [-0.4, -0.2) is 17.8 Å². The molecule has 0 atom stereocenters. The highest BCUT2D eigenvalue weighted by Gasteiger charge is 2.27. The van der Waals surface area contributed by atoms with Crippen LogP contribution in [0.3, 0.4) is 0 Å². The average Bonchev–Trinajstić information content (AvgIpc) is 2.59. The number of imide groups is 2. The van der Waals surface area contributed by atoms with E-state index in [1.165, 1.54) is 6.08 Å². The lowest BCUT2D eigenvalue weighted by Gasteiger charge is -2.14. The minimum Gasteiger partial charge on any atom is -0.489 e. The third-order valence-electron chi connectivity index (χ3n) is 3.50. The van der Waals surface area contributed by atoms with Gasteiger partial charge in [0.2, 0.25) is 0 Å². The first kappa shape index (κ1) is 18.0. The van der Waals surface area contributed by atoms with Gasteiger partial charge in [-0.15, -0.1) is 0 Å². The van der Waals surface area contributed by atoms with Crippen molar-refractivity contribution in [2.75, 3.05) is 0 Å². The fourth-order valence-corrected chi connectivity index (χ4v) is 2.58. The van der Waals surface area contributed by atoms with Crippen LogP contribution < -0.4 is 15.4 Å². The normalized spacial score (nSPS) is 13.9. The topological polar surface area (TPSA) is 84.5 Å². The number of urea groups is 1. The summed E-state index contributed by atoms with van der Waals surface area (Å²) in [5, 5.41) is 4.94. The van der Waals surface area contributed by atoms with E-state index < -0.39 is 17.8 Å². The summed E-state index contributed by atoms with van der Waals surface area (Å²) >= 11 is 11.9. The third-order valence-corrected chi connectivity index (χ3v) is 4.24. The van der Waals surface area contributed by atoms with Gasteiger partial charge < -0.3 is 4.74 Å². The molecule has 2 aromatic rings. The number of barbiturate groups is 1. The van der Waals surface area contributed by atoms with Gasteiger partial charge in [-0.3, -0.25) is 20.2 Å². The standard InChI is InChI=1S/C18H12Cl2N2O4/c19-14-5-4-11(8-15(14)20)9-26-12-3-1-2-10(6-12)7-13-16(23)21-18(25)22-17(13)24/h1-8H,9H2,(H2,21,22,23,24,25). The Hall–Kier alpha value is -2.83. The minimum absolute atomic E-state index is 0.161. The van der Waals surface area contributed by atoms with Crippen LogP contribution in [0.15, 0.2) is 48.0 Å². The van der Waals surface area contributed by atoms with Crippen LogP contribution in [0.25, 0.3) is 6.08 Å². The first-order valence-electron chi connectivity index (χ1n) is 7.47. The van der Waals surface area contributed by atoms with E-state index in [1.807, 2.05) is 10.6 Å². The highest BCUT2D eigenvalue weighted by Crippen LogP contribution is 2.24. The molecule has 1 aliphatic rings. The van der Waals surface area contributed by atoms with E-state index in [9.17, 15) is 14.4 Å². The van der Waals surface area contributed by atoms with Crippen molar-refractivity contribution >= 4 is 47.1 Å². The number of ether oxygens (including phenoxy) is 1. The fourth-order valence-electron chi connectivity index (χ4n) is 2.26. The SMILES string of the molecule is O=C1NC(=O)C(=Cc2cccc(OCc3ccc(Cl)c(Cl)c3)c2)C(=O)N1. The zero-order valence-electron chi connectivity index (χ0n) is 13.2. The number of hydrogen-bond acceptors (Lipinski definition) is 4. The van der Waals surface area contributed by atoms with Crippen molar-refractivity contribution in [1.82, 2.24) is 10.6 Å². The van der Waals surface area contributed by atoms with Gasteiger partial charge in [-0.25, -0.2) is 4.79 Å². The van der Waals surface area contributed by atoms with E-state index in [0.29, 0.717) is 21.4 Å². The van der Waals surface area contributed by atoms with E-state index in [0.717, 1.165) is 5.56 Å². The molecule has 1 fully saturated rings.